The average molecular weight is 296 g/mol. The summed E-state index contributed by atoms with van der Waals surface area (Å²) in [4.78, 5) is 4.62. The lowest BCUT2D eigenvalue weighted by Crippen LogP contribution is -2.21. The Hall–Kier alpha value is -1.26. The van der Waals surface area contributed by atoms with Crippen molar-refractivity contribution in [3.8, 4) is 11.5 Å². The first-order chi connectivity index (χ1) is 10.0. The van der Waals surface area contributed by atoms with Crippen LogP contribution in [0.3, 0.4) is 0 Å². The molecule has 1 aromatic carbocycles. The van der Waals surface area contributed by atoms with Crippen LogP contribution >= 0.6 is 0 Å². The van der Waals surface area contributed by atoms with E-state index in [1.165, 1.54) is 0 Å². The minimum absolute atomic E-state index is 0.654. The highest BCUT2D eigenvalue weighted by molar-refractivity contribution is 5.43. The fourth-order valence-corrected chi connectivity index (χ4v) is 1.91. The van der Waals surface area contributed by atoms with Gasteiger partial charge in [0.2, 0.25) is 0 Å². The lowest BCUT2D eigenvalue weighted by molar-refractivity contribution is -0.318. The number of rotatable bonds is 10. The number of benzene rings is 1. The lowest BCUT2D eigenvalue weighted by Gasteiger charge is -2.24. The van der Waals surface area contributed by atoms with Gasteiger partial charge in [0.25, 0.3) is 0 Å². The summed E-state index contributed by atoms with van der Waals surface area (Å²) in [6.07, 6.45) is 4.18. The van der Waals surface area contributed by atoms with Crippen molar-refractivity contribution in [3.63, 3.8) is 0 Å². The third-order valence-corrected chi connectivity index (χ3v) is 3.35. The van der Waals surface area contributed by atoms with Crippen molar-refractivity contribution in [1.82, 2.24) is 0 Å². The van der Waals surface area contributed by atoms with Crippen molar-refractivity contribution in [2.75, 3.05) is 13.2 Å². The molecule has 1 aromatic rings. The van der Waals surface area contributed by atoms with Gasteiger partial charge in [-0.15, -0.1) is 0 Å². The van der Waals surface area contributed by atoms with Crippen LogP contribution in [0.4, 0.5) is 0 Å². The van der Waals surface area contributed by atoms with Gasteiger partial charge in [-0.3, -0.25) is 5.26 Å². The molecule has 0 saturated heterocycles. The summed E-state index contributed by atoms with van der Waals surface area (Å²) < 4.78 is 11.5. The van der Waals surface area contributed by atoms with Crippen LogP contribution in [0.5, 0.6) is 11.5 Å². The Morgan fingerprint density at radius 3 is 2.19 bits per heavy atom. The van der Waals surface area contributed by atoms with E-state index in [0.29, 0.717) is 13.2 Å². The molecule has 1 rings (SSSR count). The topological polar surface area (TPSA) is 47.9 Å². The van der Waals surface area contributed by atoms with Crippen LogP contribution in [0, 0.1) is 0 Å². The summed E-state index contributed by atoms with van der Waals surface area (Å²) in [5, 5.41) is 9.15. The Kier molecular flexibility index (Phi) is 7.54. The van der Waals surface area contributed by atoms with E-state index in [2.05, 4.69) is 18.7 Å². The lowest BCUT2D eigenvalue weighted by atomic mass is 9.97. The van der Waals surface area contributed by atoms with E-state index in [1.807, 2.05) is 18.2 Å². The van der Waals surface area contributed by atoms with Gasteiger partial charge in [0, 0.05) is 5.56 Å². The van der Waals surface area contributed by atoms with Gasteiger partial charge in [0.15, 0.2) is 0 Å². The van der Waals surface area contributed by atoms with E-state index < -0.39 is 5.60 Å². The van der Waals surface area contributed by atoms with E-state index in [-0.39, 0.29) is 0 Å². The van der Waals surface area contributed by atoms with Gasteiger partial charge in [-0.2, -0.15) is 0 Å². The van der Waals surface area contributed by atoms with Crippen molar-refractivity contribution >= 4 is 0 Å². The smallest absolute Gasteiger partial charge is 0.126 e. The van der Waals surface area contributed by atoms with E-state index in [0.717, 1.165) is 42.7 Å². The van der Waals surface area contributed by atoms with Crippen molar-refractivity contribution in [1.29, 1.82) is 0 Å². The molecule has 0 aromatic heterocycles. The van der Waals surface area contributed by atoms with Gasteiger partial charge in [-0.1, -0.05) is 26.7 Å². The van der Waals surface area contributed by atoms with Crippen molar-refractivity contribution in [2.45, 2.75) is 59.0 Å². The molecule has 120 valence electrons. The largest absolute Gasteiger partial charge is 0.494 e. The Morgan fingerprint density at radius 2 is 1.62 bits per heavy atom. The van der Waals surface area contributed by atoms with Gasteiger partial charge >= 0.3 is 0 Å². The molecular weight excluding hydrogens is 268 g/mol. The normalized spacial score (nSPS) is 11.5. The predicted molar refractivity (Wildman–Crippen MR) is 84.0 cm³/mol. The highest BCUT2D eigenvalue weighted by Crippen LogP contribution is 2.35. The average Bonchev–Trinajstić information content (AvgIpc) is 2.48. The molecule has 0 amide bonds. The number of unbranched alkanes of at least 4 members (excludes halogenated alkanes) is 2. The van der Waals surface area contributed by atoms with E-state index in [4.69, 9.17) is 14.7 Å². The molecule has 21 heavy (non-hydrogen) atoms. The van der Waals surface area contributed by atoms with Crippen molar-refractivity contribution in [3.05, 3.63) is 23.8 Å². The molecule has 0 aliphatic heterocycles. The second-order valence-electron chi connectivity index (χ2n) is 5.66. The maximum absolute atomic E-state index is 9.15. The van der Waals surface area contributed by atoms with E-state index in [1.54, 1.807) is 13.8 Å². The number of hydrogen-bond donors (Lipinski definition) is 1. The summed E-state index contributed by atoms with van der Waals surface area (Å²) in [6, 6.07) is 5.66. The second-order valence-corrected chi connectivity index (χ2v) is 5.66. The molecule has 0 aliphatic carbocycles. The number of hydrogen-bond acceptors (Lipinski definition) is 4. The third-order valence-electron chi connectivity index (χ3n) is 3.35. The summed E-state index contributed by atoms with van der Waals surface area (Å²) in [5.74, 6) is 1.50. The van der Waals surface area contributed by atoms with Gasteiger partial charge < -0.3 is 9.47 Å². The maximum Gasteiger partial charge on any atom is 0.126 e. The van der Waals surface area contributed by atoms with Crippen LogP contribution in [-0.4, -0.2) is 18.5 Å². The zero-order chi connectivity index (χ0) is 15.7. The minimum Gasteiger partial charge on any atom is -0.494 e. The first kappa shape index (κ1) is 17.8. The third kappa shape index (κ3) is 5.56. The standard InChI is InChI=1S/C17H28O4/c1-5-7-11-19-14-9-10-16(20-12-8-6-2)15(13-14)17(3,4)21-18/h9-10,13,18H,5-8,11-12H2,1-4H3. The minimum atomic E-state index is -0.842. The Balaban J connectivity index is 2.91. The van der Waals surface area contributed by atoms with E-state index >= 15 is 0 Å². The number of ether oxygens (including phenoxy) is 2. The van der Waals surface area contributed by atoms with Crippen molar-refractivity contribution < 1.29 is 19.6 Å². The molecule has 0 bridgehead atoms. The SMILES string of the molecule is CCCCOc1ccc(OCCCC)c(C(C)(C)OO)c1. The van der Waals surface area contributed by atoms with Gasteiger partial charge in [-0.05, 0) is 44.9 Å². The predicted octanol–water partition coefficient (Wildman–Crippen LogP) is 4.77. The molecule has 1 N–H and O–H groups in total. The molecule has 4 nitrogen and oxygen atoms in total. The molecule has 4 heteroatoms. The molecule has 0 aliphatic rings. The summed E-state index contributed by atoms with van der Waals surface area (Å²) in [7, 11) is 0. The molecule has 0 spiro atoms. The van der Waals surface area contributed by atoms with Gasteiger partial charge in [-0.25, -0.2) is 4.89 Å². The fourth-order valence-electron chi connectivity index (χ4n) is 1.91. The molecule has 0 atom stereocenters. The highest BCUT2D eigenvalue weighted by Gasteiger charge is 2.26. The molecule has 0 unspecified atom stereocenters. The van der Waals surface area contributed by atoms with Crippen LogP contribution in [0.25, 0.3) is 0 Å². The summed E-state index contributed by atoms with van der Waals surface area (Å²) in [6.45, 7) is 9.18. The molecule has 0 heterocycles. The molecular formula is C17H28O4. The Labute approximate surface area is 128 Å². The fraction of sp³-hybridized carbons (Fsp3) is 0.647. The first-order valence-corrected chi connectivity index (χ1v) is 7.77. The quantitative estimate of drug-likeness (QED) is 0.384. The van der Waals surface area contributed by atoms with Gasteiger partial charge in [0.05, 0.1) is 13.2 Å². The maximum atomic E-state index is 9.15. The summed E-state index contributed by atoms with van der Waals surface area (Å²) in [5.41, 5.74) is -0.0545. The Morgan fingerprint density at radius 1 is 1.00 bits per heavy atom. The Bertz CT molecular complexity index is 415. The monoisotopic (exact) mass is 296 g/mol. The second kappa shape index (κ2) is 8.90. The summed E-state index contributed by atoms with van der Waals surface area (Å²) >= 11 is 0. The zero-order valence-corrected chi connectivity index (χ0v) is 13.6. The van der Waals surface area contributed by atoms with Gasteiger partial charge in [0.1, 0.15) is 17.1 Å². The van der Waals surface area contributed by atoms with Crippen LogP contribution in [0.1, 0.15) is 58.9 Å². The zero-order valence-electron chi connectivity index (χ0n) is 13.6. The molecule has 0 radical (unpaired) electrons. The van der Waals surface area contributed by atoms with Crippen molar-refractivity contribution in [2.24, 2.45) is 0 Å². The van der Waals surface area contributed by atoms with Crippen LogP contribution in [-0.2, 0) is 10.5 Å². The van der Waals surface area contributed by atoms with Crippen LogP contribution < -0.4 is 9.47 Å². The van der Waals surface area contributed by atoms with E-state index in [9.17, 15) is 0 Å². The van der Waals surface area contributed by atoms with Crippen LogP contribution in [0.2, 0.25) is 0 Å². The molecule has 0 fully saturated rings. The first-order valence-electron chi connectivity index (χ1n) is 7.77. The molecule has 0 saturated carbocycles. The highest BCUT2D eigenvalue weighted by atomic mass is 17.1. The van der Waals surface area contributed by atoms with Crippen LogP contribution in [0.15, 0.2) is 18.2 Å².